The molecule has 2 aliphatic rings. The lowest BCUT2D eigenvalue weighted by Gasteiger charge is -2.37. The zero-order valence-corrected chi connectivity index (χ0v) is 11.1. The van der Waals surface area contributed by atoms with Crippen LogP contribution in [0.5, 0.6) is 0 Å². The van der Waals surface area contributed by atoms with Gasteiger partial charge in [0.1, 0.15) is 0 Å². The molecule has 0 aromatic rings. The Balaban J connectivity index is 1.76. The average Bonchev–Trinajstić information content (AvgIpc) is 2.99. The summed E-state index contributed by atoms with van der Waals surface area (Å²) in [4.78, 5) is 11.8. The summed E-state index contributed by atoms with van der Waals surface area (Å²) in [6, 6.07) is 0.728. The highest BCUT2D eigenvalue weighted by molar-refractivity contribution is 5.81. The van der Waals surface area contributed by atoms with Gasteiger partial charge in [-0.1, -0.05) is 0 Å². The lowest BCUT2D eigenvalue weighted by molar-refractivity contribution is -0.123. The van der Waals surface area contributed by atoms with E-state index in [0.29, 0.717) is 12.1 Å². The van der Waals surface area contributed by atoms with Crippen molar-refractivity contribution in [2.75, 3.05) is 6.61 Å². The smallest absolute Gasteiger partial charge is 0.237 e. The summed E-state index contributed by atoms with van der Waals surface area (Å²) in [5.41, 5.74) is -0.0669. The third kappa shape index (κ3) is 3.96. The molecule has 0 aromatic heterocycles. The zero-order chi connectivity index (χ0) is 12.5. The molecule has 2 atom stereocenters. The molecule has 17 heavy (non-hydrogen) atoms. The highest BCUT2D eigenvalue weighted by atomic mass is 16.5. The van der Waals surface area contributed by atoms with E-state index >= 15 is 0 Å². The van der Waals surface area contributed by atoms with Crippen molar-refractivity contribution in [3.8, 4) is 0 Å². The van der Waals surface area contributed by atoms with E-state index in [9.17, 15) is 4.79 Å². The van der Waals surface area contributed by atoms with E-state index in [1.165, 1.54) is 0 Å². The molecule has 2 unspecified atom stereocenters. The van der Waals surface area contributed by atoms with Crippen molar-refractivity contribution >= 4 is 5.91 Å². The molecule has 1 saturated carbocycles. The van der Waals surface area contributed by atoms with Gasteiger partial charge in [-0.05, 0) is 46.5 Å². The predicted molar refractivity (Wildman–Crippen MR) is 66.8 cm³/mol. The van der Waals surface area contributed by atoms with Gasteiger partial charge < -0.3 is 15.4 Å². The number of hydrogen-bond acceptors (Lipinski definition) is 3. The number of amides is 1. The number of nitrogens with one attached hydrogen (secondary N) is 2. The first-order valence-electron chi connectivity index (χ1n) is 6.67. The second-order valence-corrected chi connectivity index (χ2v) is 5.97. The summed E-state index contributed by atoms with van der Waals surface area (Å²) >= 11 is 0. The first-order valence-corrected chi connectivity index (χ1v) is 6.67. The normalized spacial score (nSPS) is 29.7. The molecule has 1 heterocycles. The molecule has 1 amide bonds. The van der Waals surface area contributed by atoms with Crippen LogP contribution in [0.25, 0.3) is 0 Å². The van der Waals surface area contributed by atoms with Crippen LogP contribution in [0, 0.1) is 0 Å². The molecule has 0 radical (unpaired) electrons. The number of carbonyl (C=O) groups excluding carboxylic acids is 1. The Morgan fingerprint density at radius 3 is 2.59 bits per heavy atom. The Hall–Kier alpha value is -0.610. The van der Waals surface area contributed by atoms with E-state index < -0.39 is 0 Å². The SMILES string of the molecule is CC(NC1CCOC(C)(C)C1)C(=O)NC1CC1. The maximum absolute atomic E-state index is 11.8. The Kier molecular flexibility index (Phi) is 3.73. The third-order valence-electron chi connectivity index (χ3n) is 3.50. The topological polar surface area (TPSA) is 50.4 Å². The van der Waals surface area contributed by atoms with Gasteiger partial charge in [0.15, 0.2) is 0 Å². The van der Waals surface area contributed by atoms with E-state index in [-0.39, 0.29) is 17.6 Å². The van der Waals surface area contributed by atoms with Crippen LogP contribution in [-0.2, 0) is 9.53 Å². The molecule has 0 bridgehead atoms. The van der Waals surface area contributed by atoms with Crippen molar-refractivity contribution in [2.24, 2.45) is 0 Å². The van der Waals surface area contributed by atoms with Crippen molar-refractivity contribution in [2.45, 2.75) is 70.2 Å². The Morgan fingerprint density at radius 1 is 1.29 bits per heavy atom. The Labute approximate surface area is 103 Å². The van der Waals surface area contributed by atoms with E-state index in [1.54, 1.807) is 0 Å². The fraction of sp³-hybridized carbons (Fsp3) is 0.923. The van der Waals surface area contributed by atoms with Crippen molar-refractivity contribution in [3.63, 3.8) is 0 Å². The van der Waals surface area contributed by atoms with Gasteiger partial charge >= 0.3 is 0 Å². The summed E-state index contributed by atoms with van der Waals surface area (Å²) in [6.07, 6.45) is 4.24. The van der Waals surface area contributed by atoms with Crippen molar-refractivity contribution in [1.82, 2.24) is 10.6 Å². The molecule has 2 rings (SSSR count). The van der Waals surface area contributed by atoms with Gasteiger partial charge in [0.05, 0.1) is 11.6 Å². The van der Waals surface area contributed by atoms with Gasteiger partial charge in [-0.2, -0.15) is 0 Å². The predicted octanol–water partition coefficient (Wildman–Crippen LogP) is 1.20. The molecule has 4 nitrogen and oxygen atoms in total. The molecule has 2 fully saturated rings. The minimum absolute atomic E-state index is 0.0669. The summed E-state index contributed by atoms with van der Waals surface area (Å²) in [5.74, 6) is 0.136. The lowest BCUT2D eigenvalue weighted by atomic mass is 9.93. The van der Waals surface area contributed by atoms with Gasteiger partial charge in [0, 0.05) is 18.7 Å². The summed E-state index contributed by atoms with van der Waals surface area (Å²) in [6.45, 7) is 6.94. The molecule has 2 N–H and O–H groups in total. The first-order chi connectivity index (χ1) is 7.96. The number of hydrogen-bond donors (Lipinski definition) is 2. The van der Waals surface area contributed by atoms with Gasteiger partial charge in [-0.15, -0.1) is 0 Å². The molecular formula is C13H24N2O2. The quantitative estimate of drug-likeness (QED) is 0.776. The maximum atomic E-state index is 11.8. The standard InChI is InChI=1S/C13H24N2O2/c1-9(12(16)15-10-4-5-10)14-11-6-7-17-13(2,3)8-11/h9-11,14H,4-8H2,1-3H3,(H,15,16). The van der Waals surface area contributed by atoms with E-state index in [2.05, 4.69) is 24.5 Å². The summed E-state index contributed by atoms with van der Waals surface area (Å²) in [7, 11) is 0. The van der Waals surface area contributed by atoms with Crippen LogP contribution in [0.15, 0.2) is 0 Å². The van der Waals surface area contributed by atoms with Crippen LogP contribution < -0.4 is 10.6 Å². The van der Waals surface area contributed by atoms with Crippen LogP contribution in [0.3, 0.4) is 0 Å². The molecule has 0 aromatic carbocycles. The van der Waals surface area contributed by atoms with Crippen LogP contribution in [-0.4, -0.2) is 36.2 Å². The molecule has 0 spiro atoms. The molecule has 4 heteroatoms. The van der Waals surface area contributed by atoms with Gasteiger partial charge in [-0.3, -0.25) is 4.79 Å². The Morgan fingerprint density at radius 2 is 2.00 bits per heavy atom. The fourth-order valence-electron chi connectivity index (χ4n) is 2.36. The van der Waals surface area contributed by atoms with E-state index in [4.69, 9.17) is 4.74 Å². The number of rotatable bonds is 4. The largest absolute Gasteiger partial charge is 0.375 e. The van der Waals surface area contributed by atoms with Crippen LogP contribution >= 0.6 is 0 Å². The van der Waals surface area contributed by atoms with Crippen LogP contribution in [0.2, 0.25) is 0 Å². The summed E-state index contributed by atoms with van der Waals surface area (Å²) < 4.78 is 5.67. The molecule has 1 saturated heterocycles. The molecule has 1 aliphatic heterocycles. The minimum atomic E-state index is -0.102. The van der Waals surface area contributed by atoms with Gasteiger partial charge in [0.2, 0.25) is 5.91 Å². The zero-order valence-electron chi connectivity index (χ0n) is 11.1. The minimum Gasteiger partial charge on any atom is -0.375 e. The third-order valence-corrected chi connectivity index (χ3v) is 3.50. The monoisotopic (exact) mass is 240 g/mol. The highest BCUT2D eigenvalue weighted by Gasteiger charge is 2.31. The molecular weight excluding hydrogens is 216 g/mol. The van der Waals surface area contributed by atoms with Crippen LogP contribution in [0.4, 0.5) is 0 Å². The second kappa shape index (κ2) is 4.94. The molecule has 1 aliphatic carbocycles. The lowest BCUT2D eigenvalue weighted by Crippen LogP contribution is -2.51. The molecule has 98 valence electrons. The number of ether oxygens (including phenoxy) is 1. The highest BCUT2D eigenvalue weighted by Crippen LogP contribution is 2.24. The van der Waals surface area contributed by atoms with Crippen LogP contribution in [0.1, 0.15) is 46.5 Å². The van der Waals surface area contributed by atoms with E-state index in [1.807, 2.05) is 6.92 Å². The first kappa shape index (κ1) is 12.8. The van der Waals surface area contributed by atoms with Crippen molar-refractivity contribution < 1.29 is 9.53 Å². The maximum Gasteiger partial charge on any atom is 0.237 e. The van der Waals surface area contributed by atoms with Crippen molar-refractivity contribution in [3.05, 3.63) is 0 Å². The summed E-state index contributed by atoms with van der Waals surface area (Å²) in [5, 5.41) is 6.45. The van der Waals surface area contributed by atoms with Gasteiger partial charge in [0.25, 0.3) is 0 Å². The Bertz CT molecular complexity index is 287. The van der Waals surface area contributed by atoms with E-state index in [0.717, 1.165) is 32.3 Å². The fourth-order valence-corrected chi connectivity index (χ4v) is 2.36. The second-order valence-electron chi connectivity index (χ2n) is 5.97. The number of carbonyl (C=O) groups is 1. The van der Waals surface area contributed by atoms with Crippen molar-refractivity contribution in [1.29, 1.82) is 0 Å². The average molecular weight is 240 g/mol. The van der Waals surface area contributed by atoms with Gasteiger partial charge in [-0.25, -0.2) is 0 Å².